The van der Waals surface area contributed by atoms with Crippen molar-refractivity contribution in [1.82, 2.24) is 15.0 Å². The van der Waals surface area contributed by atoms with Crippen molar-refractivity contribution >= 4 is 29.6 Å². The number of anilines is 3. The van der Waals surface area contributed by atoms with E-state index in [2.05, 4.69) is 20.3 Å². The van der Waals surface area contributed by atoms with E-state index in [9.17, 15) is 4.79 Å². The average molecular weight is 351 g/mol. The summed E-state index contributed by atoms with van der Waals surface area (Å²) in [6.07, 6.45) is 4.28. The van der Waals surface area contributed by atoms with Gasteiger partial charge in [0.2, 0.25) is 11.9 Å². The highest BCUT2D eigenvalue weighted by Crippen LogP contribution is 2.17. The van der Waals surface area contributed by atoms with E-state index >= 15 is 0 Å². The summed E-state index contributed by atoms with van der Waals surface area (Å²) in [5.74, 6) is 0.565. The number of furan rings is 1. The number of nitrogens with two attached hydrogens (primary N) is 1. The molecule has 8 heteroatoms. The van der Waals surface area contributed by atoms with E-state index in [1.54, 1.807) is 12.1 Å². The zero-order valence-electron chi connectivity index (χ0n) is 14.0. The summed E-state index contributed by atoms with van der Waals surface area (Å²) in [6, 6.07) is 11.1. The number of aryl methyl sites for hydroxylation is 1. The molecule has 0 aliphatic rings. The van der Waals surface area contributed by atoms with Crippen LogP contribution >= 0.6 is 0 Å². The Labute approximate surface area is 149 Å². The number of carbonyl (C=O) groups is 1. The van der Waals surface area contributed by atoms with Gasteiger partial charge in [-0.3, -0.25) is 0 Å². The molecule has 0 amide bonds. The van der Waals surface area contributed by atoms with Gasteiger partial charge in [-0.05, 0) is 36.8 Å². The molecular formula is C18H17N5O3. The van der Waals surface area contributed by atoms with Crippen molar-refractivity contribution in [2.45, 2.75) is 13.5 Å². The molecule has 0 bridgehead atoms. The number of nitrogens with one attached hydrogen (secondary N) is 1. The van der Waals surface area contributed by atoms with E-state index in [1.807, 2.05) is 31.2 Å². The summed E-state index contributed by atoms with van der Waals surface area (Å²) in [6.45, 7) is 1.83. The molecule has 2 heterocycles. The van der Waals surface area contributed by atoms with Crippen LogP contribution < -0.4 is 11.1 Å². The second-order valence-corrected chi connectivity index (χ2v) is 5.33. The van der Waals surface area contributed by atoms with E-state index in [4.69, 9.17) is 14.9 Å². The maximum absolute atomic E-state index is 11.7. The molecular weight excluding hydrogens is 334 g/mol. The molecule has 0 fully saturated rings. The monoisotopic (exact) mass is 351 g/mol. The summed E-state index contributed by atoms with van der Waals surface area (Å²) >= 11 is 0. The maximum Gasteiger partial charge on any atom is 0.331 e. The first kappa shape index (κ1) is 17.2. The normalized spacial score (nSPS) is 10.8. The third-order valence-electron chi connectivity index (χ3n) is 3.36. The number of hydrogen-bond donors (Lipinski definition) is 2. The molecule has 0 aliphatic heterocycles. The molecule has 132 valence electrons. The van der Waals surface area contributed by atoms with Crippen LogP contribution in [0, 0.1) is 6.92 Å². The highest BCUT2D eigenvalue weighted by Gasteiger charge is 2.08. The fourth-order valence-electron chi connectivity index (χ4n) is 2.11. The lowest BCUT2D eigenvalue weighted by atomic mass is 10.2. The summed E-state index contributed by atoms with van der Waals surface area (Å²) in [7, 11) is 0. The predicted molar refractivity (Wildman–Crippen MR) is 96.2 cm³/mol. The van der Waals surface area contributed by atoms with Gasteiger partial charge in [-0.2, -0.15) is 15.0 Å². The van der Waals surface area contributed by atoms with E-state index in [-0.39, 0.29) is 24.3 Å². The number of esters is 1. The van der Waals surface area contributed by atoms with Gasteiger partial charge in [-0.1, -0.05) is 18.2 Å². The van der Waals surface area contributed by atoms with Crippen LogP contribution in [0.1, 0.15) is 17.1 Å². The molecule has 3 aromatic rings. The fourth-order valence-corrected chi connectivity index (χ4v) is 2.11. The zero-order valence-corrected chi connectivity index (χ0v) is 14.0. The van der Waals surface area contributed by atoms with Crippen LogP contribution in [-0.4, -0.2) is 20.9 Å². The highest BCUT2D eigenvalue weighted by molar-refractivity contribution is 5.86. The Morgan fingerprint density at radius 1 is 1.23 bits per heavy atom. The van der Waals surface area contributed by atoms with Crippen molar-refractivity contribution in [3.05, 3.63) is 65.9 Å². The molecule has 0 atom stereocenters. The van der Waals surface area contributed by atoms with E-state index in [1.165, 1.54) is 18.4 Å². The largest absolute Gasteiger partial charge is 0.465 e. The number of para-hydroxylation sites is 1. The van der Waals surface area contributed by atoms with Gasteiger partial charge in [0.15, 0.2) is 12.4 Å². The number of ether oxygens (including phenoxy) is 1. The van der Waals surface area contributed by atoms with Crippen LogP contribution in [0.3, 0.4) is 0 Å². The number of hydrogen-bond acceptors (Lipinski definition) is 8. The first-order valence-corrected chi connectivity index (χ1v) is 7.81. The maximum atomic E-state index is 11.7. The SMILES string of the molecule is Cc1ccccc1Nc1nc(N)nc(COC(=O)/C=C/c2ccco2)n1. The predicted octanol–water partition coefficient (Wildman–Crippen LogP) is 2.86. The van der Waals surface area contributed by atoms with Crippen LogP contribution in [0.4, 0.5) is 17.6 Å². The molecule has 3 rings (SSSR count). The first-order valence-electron chi connectivity index (χ1n) is 7.81. The molecule has 0 saturated heterocycles. The molecule has 8 nitrogen and oxygen atoms in total. The van der Waals surface area contributed by atoms with E-state index < -0.39 is 5.97 Å². The quantitative estimate of drug-likeness (QED) is 0.514. The third kappa shape index (κ3) is 4.67. The van der Waals surface area contributed by atoms with Crippen LogP contribution in [0.5, 0.6) is 0 Å². The fraction of sp³-hybridized carbons (Fsp3) is 0.111. The lowest BCUT2D eigenvalue weighted by molar-refractivity contribution is -0.139. The molecule has 0 unspecified atom stereocenters. The molecule has 0 saturated carbocycles. The number of aromatic nitrogens is 3. The van der Waals surface area contributed by atoms with Crippen LogP contribution in [-0.2, 0) is 16.1 Å². The van der Waals surface area contributed by atoms with Gasteiger partial charge in [-0.15, -0.1) is 0 Å². The minimum absolute atomic E-state index is 0.0354. The highest BCUT2D eigenvalue weighted by atomic mass is 16.5. The van der Waals surface area contributed by atoms with Gasteiger partial charge in [0.1, 0.15) is 5.76 Å². The van der Waals surface area contributed by atoms with Gasteiger partial charge >= 0.3 is 5.97 Å². The Balaban J connectivity index is 1.64. The molecule has 26 heavy (non-hydrogen) atoms. The smallest absolute Gasteiger partial charge is 0.331 e. The van der Waals surface area contributed by atoms with E-state index in [0.717, 1.165) is 11.3 Å². The molecule has 1 aromatic carbocycles. The minimum Gasteiger partial charge on any atom is -0.465 e. The Morgan fingerprint density at radius 2 is 2.08 bits per heavy atom. The van der Waals surface area contributed by atoms with Gasteiger partial charge in [0.05, 0.1) is 6.26 Å². The van der Waals surface area contributed by atoms with Crippen LogP contribution in [0.2, 0.25) is 0 Å². The topological polar surface area (TPSA) is 116 Å². The lowest BCUT2D eigenvalue weighted by Gasteiger charge is -2.09. The molecule has 0 radical (unpaired) electrons. The number of carbonyl (C=O) groups excluding carboxylic acids is 1. The van der Waals surface area contributed by atoms with Crippen molar-refractivity contribution in [3.8, 4) is 0 Å². The summed E-state index contributed by atoms with van der Waals surface area (Å²) in [4.78, 5) is 24.0. The number of nitrogen functional groups attached to an aromatic ring is 1. The average Bonchev–Trinajstić information content (AvgIpc) is 3.13. The number of benzene rings is 1. The van der Waals surface area contributed by atoms with Crippen molar-refractivity contribution < 1.29 is 13.9 Å². The molecule has 2 aromatic heterocycles. The zero-order chi connectivity index (χ0) is 18.4. The van der Waals surface area contributed by atoms with Crippen molar-refractivity contribution in [2.24, 2.45) is 0 Å². The number of nitrogens with zero attached hydrogens (tertiary/aromatic N) is 3. The Bertz CT molecular complexity index is 922. The van der Waals surface area contributed by atoms with Gasteiger partial charge in [-0.25, -0.2) is 4.79 Å². The summed E-state index contributed by atoms with van der Waals surface area (Å²) in [5, 5.41) is 3.08. The van der Waals surface area contributed by atoms with Crippen LogP contribution in [0.25, 0.3) is 6.08 Å². The first-order chi connectivity index (χ1) is 12.6. The van der Waals surface area contributed by atoms with Gasteiger partial charge in [0, 0.05) is 11.8 Å². The summed E-state index contributed by atoms with van der Waals surface area (Å²) < 4.78 is 10.2. The minimum atomic E-state index is -0.547. The van der Waals surface area contributed by atoms with Crippen molar-refractivity contribution in [2.75, 3.05) is 11.1 Å². The van der Waals surface area contributed by atoms with Crippen molar-refractivity contribution in [1.29, 1.82) is 0 Å². The third-order valence-corrected chi connectivity index (χ3v) is 3.36. The second kappa shape index (κ2) is 7.93. The Kier molecular flexibility index (Phi) is 5.23. The standard InChI is InChI=1S/C18H17N5O3/c1-12-5-2-3-7-14(12)20-18-22-15(21-17(19)23-18)11-26-16(24)9-8-13-6-4-10-25-13/h2-10H,11H2,1H3,(H3,19,20,21,22,23)/b9-8+. The molecule has 0 spiro atoms. The van der Waals surface area contributed by atoms with Crippen molar-refractivity contribution in [3.63, 3.8) is 0 Å². The Hall–Kier alpha value is -3.68. The molecule has 3 N–H and O–H groups in total. The summed E-state index contributed by atoms with van der Waals surface area (Å²) in [5.41, 5.74) is 7.59. The van der Waals surface area contributed by atoms with E-state index in [0.29, 0.717) is 5.76 Å². The number of rotatable bonds is 6. The van der Waals surface area contributed by atoms with Gasteiger partial charge < -0.3 is 20.2 Å². The van der Waals surface area contributed by atoms with Gasteiger partial charge in [0.25, 0.3) is 0 Å². The Morgan fingerprint density at radius 3 is 2.85 bits per heavy atom. The van der Waals surface area contributed by atoms with Crippen LogP contribution in [0.15, 0.2) is 53.2 Å². The second-order valence-electron chi connectivity index (χ2n) is 5.33. The molecule has 0 aliphatic carbocycles. The lowest BCUT2D eigenvalue weighted by Crippen LogP contribution is -2.10.